The first-order valence-electron chi connectivity index (χ1n) is 6.20. The lowest BCUT2D eigenvalue weighted by Crippen LogP contribution is -2.25. The molecule has 2 N–H and O–H groups in total. The molecule has 98 valence electrons. The second-order valence-electron chi connectivity index (χ2n) is 4.56. The Bertz CT molecular complexity index is 575. The Hall–Kier alpha value is -1.88. The van der Waals surface area contributed by atoms with Gasteiger partial charge in [-0.05, 0) is 36.1 Å². The maximum absolute atomic E-state index is 5.97. The molecule has 1 atom stereocenters. The molecule has 6 heteroatoms. The molecular weight excluding hydrogens is 262 g/mol. The van der Waals surface area contributed by atoms with Crippen LogP contribution in [0.5, 0.6) is 0 Å². The van der Waals surface area contributed by atoms with Crippen LogP contribution in [0.2, 0.25) is 5.28 Å². The molecule has 2 aromatic rings. The predicted octanol–water partition coefficient (Wildman–Crippen LogP) is 2.45. The standard InChI is InChI=1S/C13H14ClN5/c14-13-17-8-10(15)12(18-13)19-6-2-4-11(19)9-3-1-5-16-7-9/h1,3,5,7-8,11H,2,4,6,15H2. The summed E-state index contributed by atoms with van der Waals surface area (Å²) in [6.07, 6.45) is 7.39. The van der Waals surface area contributed by atoms with Crippen LogP contribution in [-0.4, -0.2) is 21.5 Å². The first-order chi connectivity index (χ1) is 9.25. The van der Waals surface area contributed by atoms with Crippen LogP contribution < -0.4 is 10.6 Å². The highest BCUT2D eigenvalue weighted by molar-refractivity contribution is 6.28. The van der Waals surface area contributed by atoms with Gasteiger partial charge in [-0.3, -0.25) is 4.98 Å². The summed E-state index contributed by atoms with van der Waals surface area (Å²) in [6, 6.07) is 4.28. The van der Waals surface area contributed by atoms with Crippen molar-refractivity contribution in [2.24, 2.45) is 0 Å². The Morgan fingerprint density at radius 2 is 2.26 bits per heavy atom. The molecule has 3 heterocycles. The smallest absolute Gasteiger partial charge is 0.224 e. The lowest BCUT2D eigenvalue weighted by atomic mass is 10.1. The largest absolute Gasteiger partial charge is 0.394 e. The van der Waals surface area contributed by atoms with Gasteiger partial charge >= 0.3 is 0 Å². The van der Waals surface area contributed by atoms with Crippen LogP contribution in [0.3, 0.4) is 0 Å². The lowest BCUT2D eigenvalue weighted by Gasteiger charge is -2.26. The minimum absolute atomic E-state index is 0.223. The maximum atomic E-state index is 5.97. The molecule has 0 saturated carbocycles. The fourth-order valence-corrected chi connectivity index (χ4v) is 2.66. The number of hydrogen-bond acceptors (Lipinski definition) is 5. The number of rotatable bonds is 2. The van der Waals surface area contributed by atoms with Crippen molar-refractivity contribution in [3.63, 3.8) is 0 Å². The van der Waals surface area contributed by atoms with Crippen molar-refractivity contribution < 1.29 is 0 Å². The number of pyridine rings is 1. The van der Waals surface area contributed by atoms with Crippen LogP contribution in [0.1, 0.15) is 24.4 Å². The van der Waals surface area contributed by atoms with Crippen LogP contribution in [0, 0.1) is 0 Å². The van der Waals surface area contributed by atoms with Gasteiger partial charge in [-0.25, -0.2) is 4.98 Å². The third-order valence-electron chi connectivity index (χ3n) is 3.36. The van der Waals surface area contributed by atoms with Crippen molar-refractivity contribution in [2.45, 2.75) is 18.9 Å². The summed E-state index contributed by atoms with van der Waals surface area (Å²) < 4.78 is 0. The summed E-state index contributed by atoms with van der Waals surface area (Å²) in [6.45, 7) is 0.914. The summed E-state index contributed by atoms with van der Waals surface area (Å²) in [4.78, 5) is 14.5. The quantitative estimate of drug-likeness (QED) is 0.853. The van der Waals surface area contributed by atoms with E-state index in [4.69, 9.17) is 17.3 Å². The van der Waals surface area contributed by atoms with Gasteiger partial charge in [-0.15, -0.1) is 0 Å². The van der Waals surface area contributed by atoms with Gasteiger partial charge in [-0.1, -0.05) is 6.07 Å². The van der Waals surface area contributed by atoms with E-state index < -0.39 is 0 Å². The van der Waals surface area contributed by atoms with E-state index in [9.17, 15) is 0 Å². The van der Waals surface area contributed by atoms with E-state index in [-0.39, 0.29) is 11.3 Å². The summed E-state index contributed by atoms with van der Waals surface area (Å²) in [7, 11) is 0. The molecule has 0 spiro atoms. The minimum Gasteiger partial charge on any atom is -0.394 e. The molecule has 5 nitrogen and oxygen atoms in total. The van der Waals surface area contributed by atoms with Crippen molar-refractivity contribution >= 4 is 23.1 Å². The second-order valence-corrected chi connectivity index (χ2v) is 4.89. The molecule has 1 fully saturated rings. The Morgan fingerprint density at radius 3 is 3.05 bits per heavy atom. The lowest BCUT2D eigenvalue weighted by molar-refractivity contribution is 0.708. The van der Waals surface area contributed by atoms with E-state index in [1.807, 2.05) is 12.3 Å². The summed E-state index contributed by atoms with van der Waals surface area (Å²) in [5.41, 5.74) is 7.70. The zero-order chi connectivity index (χ0) is 13.2. The molecule has 2 aromatic heterocycles. The molecule has 1 aliphatic heterocycles. The van der Waals surface area contributed by atoms with Crippen molar-refractivity contribution in [3.8, 4) is 0 Å². The van der Waals surface area contributed by atoms with Crippen molar-refractivity contribution in [1.82, 2.24) is 15.0 Å². The minimum atomic E-state index is 0.223. The molecule has 0 aliphatic carbocycles. The van der Waals surface area contributed by atoms with Crippen LogP contribution in [0.15, 0.2) is 30.7 Å². The monoisotopic (exact) mass is 275 g/mol. The van der Waals surface area contributed by atoms with Gasteiger partial charge in [0.2, 0.25) is 5.28 Å². The van der Waals surface area contributed by atoms with E-state index in [0.717, 1.165) is 19.4 Å². The van der Waals surface area contributed by atoms with Gasteiger partial charge in [0.1, 0.15) is 0 Å². The number of hydrogen-bond donors (Lipinski definition) is 1. The van der Waals surface area contributed by atoms with Crippen molar-refractivity contribution in [3.05, 3.63) is 41.6 Å². The first kappa shape index (κ1) is 12.2. The molecule has 0 aromatic carbocycles. The Balaban J connectivity index is 1.97. The van der Waals surface area contributed by atoms with Crippen molar-refractivity contribution in [2.75, 3.05) is 17.2 Å². The second kappa shape index (κ2) is 5.01. The number of nitrogens with zero attached hydrogens (tertiary/aromatic N) is 4. The summed E-state index contributed by atoms with van der Waals surface area (Å²) in [5.74, 6) is 0.714. The normalized spacial score (nSPS) is 18.8. The fourth-order valence-electron chi connectivity index (χ4n) is 2.53. The van der Waals surface area contributed by atoms with Crippen LogP contribution in [0.4, 0.5) is 11.5 Å². The molecule has 0 bridgehead atoms. The van der Waals surface area contributed by atoms with E-state index in [2.05, 4.69) is 25.9 Å². The maximum Gasteiger partial charge on any atom is 0.224 e. The number of halogens is 1. The molecule has 19 heavy (non-hydrogen) atoms. The van der Waals surface area contributed by atoms with E-state index in [1.165, 1.54) is 5.56 Å². The number of aromatic nitrogens is 3. The number of nitrogen functional groups attached to an aromatic ring is 1. The van der Waals surface area contributed by atoms with Gasteiger partial charge in [0, 0.05) is 18.9 Å². The average molecular weight is 276 g/mol. The first-order valence-corrected chi connectivity index (χ1v) is 6.58. The molecule has 3 rings (SSSR count). The molecule has 0 amide bonds. The zero-order valence-corrected chi connectivity index (χ0v) is 11.1. The third kappa shape index (κ3) is 2.33. The molecule has 1 saturated heterocycles. The summed E-state index contributed by atoms with van der Waals surface area (Å²) in [5, 5.41) is 0.223. The van der Waals surface area contributed by atoms with E-state index >= 15 is 0 Å². The van der Waals surface area contributed by atoms with Crippen molar-refractivity contribution in [1.29, 1.82) is 0 Å². The van der Waals surface area contributed by atoms with Gasteiger partial charge in [-0.2, -0.15) is 4.98 Å². The fraction of sp³-hybridized carbons (Fsp3) is 0.308. The predicted molar refractivity (Wildman–Crippen MR) is 75.0 cm³/mol. The molecule has 1 aliphatic rings. The van der Waals surface area contributed by atoms with Gasteiger partial charge in [0.05, 0.1) is 17.9 Å². The molecule has 1 unspecified atom stereocenters. The molecular formula is C13H14ClN5. The Kier molecular flexibility index (Phi) is 3.21. The van der Waals surface area contributed by atoms with Gasteiger partial charge < -0.3 is 10.6 Å². The highest BCUT2D eigenvalue weighted by Crippen LogP contribution is 2.37. The highest BCUT2D eigenvalue weighted by Gasteiger charge is 2.28. The third-order valence-corrected chi connectivity index (χ3v) is 3.54. The average Bonchev–Trinajstić information content (AvgIpc) is 2.91. The topological polar surface area (TPSA) is 67.9 Å². The number of nitrogens with two attached hydrogens (primary N) is 1. The highest BCUT2D eigenvalue weighted by atomic mass is 35.5. The Labute approximate surface area is 116 Å². The van der Waals surface area contributed by atoms with Crippen LogP contribution >= 0.6 is 11.6 Å². The SMILES string of the molecule is Nc1cnc(Cl)nc1N1CCCC1c1cccnc1. The van der Waals surface area contributed by atoms with Gasteiger partial charge in [0.25, 0.3) is 0 Å². The molecule has 0 radical (unpaired) electrons. The van der Waals surface area contributed by atoms with Gasteiger partial charge in [0.15, 0.2) is 5.82 Å². The van der Waals surface area contributed by atoms with Crippen LogP contribution in [-0.2, 0) is 0 Å². The number of anilines is 2. The van der Waals surface area contributed by atoms with Crippen LogP contribution in [0.25, 0.3) is 0 Å². The Morgan fingerprint density at radius 1 is 1.37 bits per heavy atom. The summed E-state index contributed by atoms with van der Waals surface area (Å²) >= 11 is 5.87. The zero-order valence-electron chi connectivity index (χ0n) is 10.3. The van der Waals surface area contributed by atoms with E-state index in [1.54, 1.807) is 12.4 Å². The van der Waals surface area contributed by atoms with E-state index in [0.29, 0.717) is 11.5 Å².